The van der Waals surface area contributed by atoms with E-state index in [1.165, 1.54) is 0 Å². The molecule has 3 atom stereocenters. The molecule has 4 nitrogen and oxygen atoms in total. The molecule has 1 amide bonds. The van der Waals surface area contributed by atoms with Crippen LogP contribution in [0.4, 0.5) is 0 Å². The van der Waals surface area contributed by atoms with Gasteiger partial charge in [-0.05, 0) is 25.2 Å². The van der Waals surface area contributed by atoms with Crippen molar-refractivity contribution in [3.8, 4) is 0 Å². The maximum absolute atomic E-state index is 12.4. The molecule has 2 fully saturated rings. The first-order chi connectivity index (χ1) is 8.15. The molecule has 0 saturated carbocycles. The van der Waals surface area contributed by atoms with Crippen LogP contribution in [-0.2, 0) is 9.53 Å². The minimum Gasteiger partial charge on any atom is -0.379 e. The highest BCUT2D eigenvalue weighted by atomic mass is 16.5. The number of hydrogen-bond acceptors (Lipinski definition) is 3. The molecule has 3 unspecified atom stereocenters. The Balaban J connectivity index is 2.12. The normalized spacial score (nSPS) is 34.7. The van der Waals surface area contributed by atoms with Gasteiger partial charge in [0, 0.05) is 6.61 Å². The van der Waals surface area contributed by atoms with Crippen molar-refractivity contribution in [2.24, 2.45) is 5.92 Å². The van der Waals surface area contributed by atoms with Crippen molar-refractivity contribution in [1.82, 2.24) is 10.2 Å². The molecule has 2 heterocycles. The predicted octanol–water partition coefficient (Wildman–Crippen LogP) is 1.36. The molecule has 2 rings (SSSR count). The van der Waals surface area contributed by atoms with E-state index in [0.717, 1.165) is 25.9 Å². The molecule has 1 N–H and O–H groups in total. The van der Waals surface area contributed by atoms with Crippen LogP contribution in [0.25, 0.3) is 0 Å². The van der Waals surface area contributed by atoms with Crippen molar-refractivity contribution in [2.45, 2.75) is 58.3 Å². The molecular weight excluding hydrogens is 216 g/mol. The molecule has 0 bridgehead atoms. The lowest BCUT2D eigenvalue weighted by molar-refractivity contribution is -0.136. The number of nitrogens with one attached hydrogen (secondary N) is 1. The van der Waals surface area contributed by atoms with Gasteiger partial charge in [0.05, 0.1) is 24.9 Å². The molecule has 0 aromatic heterocycles. The van der Waals surface area contributed by atoms with Crippen LogP contribution in [0.1, 0.15) is 40.0 Å². The number of carbonyl (C=O) groups is 1. The van der Waals surface area contributed by atoms with Gasteiger partial charge in [-0.1, -0.05) is 20.8 Å². The quantitative estimate of drug-likeness (QED) is 0.810. The van der Waals surface area contributed by atoms with Crippen molar-refractivity contribution in [3.63, 3.8) is 0 Å². The highest BCUT2D eigenvalue weighted by molar-refractivity contribution is 5.84. The van der Waals surface area contributed by atoms with E-state index in [2.05, 4.69) is 31.0 Å². The van der Waals surface area contributed by atoms with E-state index in [-0.39, 0.29) is 24.2 Å². The average molecular weight is 240 g/mol. The van der Waals surface area contributed by atoms with Crippen molar-refractivity contribution < 1.29 is 9.53 Å². The summed E-state index contributed by atoms with van der Waals surface area (Å²) in [5, 5.41) is 3.46. The largest absolute Gasteiger partial charge is 0.379 e. The van der Waals surface area contributed by atoms with E-state index < -0.39 is 0 Å². The molecule has 0 aromatic carbocycles. The fourth-order valence-corrected chi connectivity index (χ4v) is 2.83. The second-order valence-electron chi connectivity index (χ2n) is 5.43. The summed E-state index contributed by atoms with van der Waals surface area (Å²) >= 11 is 0. The maximum Gasteiger partial charge on any atom is 0.241 e. The maximum atomic E-state index is 12.4. The summed E-state index contributed by atoms with van der Waals surface area (Å²) < 4.78 is 5.52. The third kappa shape index (κ3) is 2.47. The highest BCUT2D eigenvalue weighted by Gasteiger charge is 2.43. The Bertz CT molecular complexity index is 275. The zero-order valence-electron chi connectivity index (χ0n) is 11.1. The van der Waals surface area contributed by atoms with E-state index in [1.54, 1.807) is 0 Å². The standard InChI is InChI=1S/C13H24N2O2/c1-4-11-13(16)15(12(14-11)9(2)3)10-6-5-7-17-8-10/h9-12,14H,4-8H2,1-3H3. The van der Waals surface area contributed by atoms with Crippen LogP contribution < -0.4 is 5.32 Å². The van der Waals surface area contributed by atoms with Gasteiger partial charge in [-0.2, -0.15) is 0 Å². The summed E-state index contributed by atoms with van der Waals surface area (Å²) in [7, 11) is 0. The Morgan fingerprint density at radius 2 is 2.29 bits per heavy atom. The van der Waals surface area contributed by atoms with Gasteiger partial charge < -0.3 is 9.64 Å². The smallest absolute Gasteiger partial charge is 0.241 e. The summed E-state index contributed by atoms with van der Waals surface area (Å²) in [6, 6.07) is 0.275. The number of carbonyl (C=O) groups excluding carboxylic acids is 1. The molecule has 0 spiro atoms. The van der Waals surface area contributed by atoms with E-state index in [4.69, 9.17) is 4.74 Å². The lowest BCUT2D eigenvalue weighted by atomic mass is 10.0. The molecule has 17 heavy (non-hydrogen) atoms. The number of nitrogens with zero attached hydrogens (tertiary/aromatic N) is 1. The first-order valence-electron chi connectivity index (χ1n) is 6.81. The zero-order valence-corrected chi connectivity index (χ0v) is 11.1. The summed E-state index contributed by atoms with van der Waals surface area (Å²) in [6.07, 6.45) is 3.19. The van der Waals surface area contributed by atoms with E-state index in [9.17, 15) is 4.79 Å². The molecular formula is C13H24N2O2. The van der Waals surface area contributed by atoms with Gasteiger partial charge in [0.1, 0.15) is 0 Å². The first-order valence-corrected chi connectivity index (χ1v) is 6.81. The SMILES string of the molecule is CCC1NC(C(C)C)N(C2CCCOC2)C1=O. The summed E-state index contributed by atoms with van der Waals surface area (Å²) in [4.78, 5) is 14.4. The van der Waals surface area contributed by atoms with Crippen LogP contribution in [-0.4, -0.2) is 42.3 Å². The predicted molar refractivity (Wildman–Crippen MR) is 66.5 cm³/mol. The van der Waals surface area contributed by atoms with E-state index in [1.807, 2.05) is 0 Å². The Morgan fingerprint density at radius 1 is 1.53 bits per heavy atom. The molecule has 0 aliphatic carbocycles. The third-order valence-corrected chi connectivity index (χ3v) is 3.79. The van der Waals surface area contributed by atoms with Gasteiger partial charge in [0.15, 0.2) is 0 Å². The number of hydrogen-bond donors (Lipinski definition) is 1. The monoisotopic (exact) mass is 240 g/mol. The second kappa shape index (κ2) is 5.36. The summed E-state index contributed by atoms with van der Waals surface area (Å²) in [5.41, 5.74) is 0. The summed E-state index contributed by atoms with van der Waals surface area (Å²) in [6.45, 7) is 7.94. The number of rotatable bonds is 3. The molecule has 98 valence electrons. The van der Waals surface area contributed by atoms with Crippen molar-refractivity contribution in [2.75, 3.05) is 13.2 Å². The summed E-state index contributed by atoms with van der Waals surface area (Å²) in [5.74, 6) is 0.708. The topological polar surface area (TPSA) is 41.6 Å². The third-order valence-electron chi connectivity index (χ3n) is 3.79. The molecule has 0 radical (unpaired) electrons. The van der Waals surface area contributed by atoms with Crippen molar-refractivity contribution in [1.29, 1.82) is 0 Å². The lowest BCUT2D eigenvalue weighted by Crippen LogP contribution is -2.50. The van der Waals surface area contributed by atoms with Gasteiger partial charge in [-0.3, -0.25) is 10.1 Å². The van der Waals surface area contributed by atoms with E-state index in [0.29, 0.717) is 12.5 Å². The Labute approximate surface area is 104 Å². The molecule has 2 saturated heterocycles. The van der Waals surface area contributed by atoms with Gasteiger partial charge >= 0.3 is 0 Å². The Morgan fingerprint density at radius 3 is 2.82 bits per heavy atom. The fraction of sp³-hybridized carbons (Fsp3) is 0.923. The van der Waals surface area contributed by atoms with Crippen LogP contribution in [0.5, 0.6) is 0 Å². The van der Waals surface area contributed by atoms with Crippen LogP contribution >= 0.6 is 0 Å². The van der Waals surface area contributed by atoms with Gasteiger partial charge in [-0.25, -0.2) is 0 Å². The molecule has 2 aliphatic heterocycles. The van der Waals surface area contributed by atoms with Crippen molar-refractivity contribution in [3.05, 3.63) is 0 Å². The molecule has 4 heteroatoms. The molecule has 0 aromatic rings. The fourth-order valence-electron chi connectivity index (χ4n) is 2.83. The zero-order chi connectivity index (χ0) is 12.4. The minimum atomic E-state index is 0.00401. The van der Waals surface area contributed by atoms with Crippen LogP contribution in [0.2, 0.25) is 0 Å². The lowest BCUT2D eigenvalue weighted by Gasteiger charge is -2.36. The average Bonchev–Trinajstić information content (AvgIpc) is 2.67. The first kappa shape index (κ1) is 12.8. The van der Waals surface area contributed by atoms with Crippen LogP contribution in [0, 0.1) is 5.92 Å². The van der Waals surface area contributed by atoms with Gasteiger partial charge in [0.2, 0.25) is 5.91 Å². The Kier molecular flexibility index (Phi) is 4.05. The van der Waals surface area contributed by atoms with Crippen molar-refractivity contribution >= 4 is 5.91 Å². The number of amides is 1. The van der Waals surface area contributed by atoms with Gasteiger partial charge in [-0.15, -0.1) is 0 Å². The number of ether oxygens (including phenoxy) is 1. The van der Waals surface area contributed by atoms with Crippen LogP contribution in [0.3, 0.4) is 0 Å². The van der Waals surface area contributed by atoms with E-state index >= 15 is 0 Å². The second-order valence-corrected chi connectivity index (χ2v) is 5.43. The Hall–Kier alpha value is -0.610. The van der Waals surface area contributed by atoms with Gasteiger partial charge in [0.25, 0.3) is 0 Å². The van der Waals surface area contributed by atoms with Crippen LogP contribution in [0.15, 0.2) is 0 Å². The molecule has 2 aliphatic rings. The minimum absolute atomic E-state index is 0.00401. The highest BCUT2D eigenvalue weighted by Crippen LogP contribution is 2.25.